The average Bonchev–Trinajstić information content (AvgIpc) is 2.53. The van der Waals surface area contributed by atoms with E-state index in [2.05, 4.69) is 4.98 Å². The zero-order chi connectivity index (χ0) is 16.3. The number of carbonyl (C=O) groups excluding carboxylic acids is 1. The highest BCUT2D eigenvalue weighted by Gasteiger charge is 2.20. The molecule has 0 aliphatic rings. The molecule has 7 heteroatoms. The van der Waals surface area contributed by atoms with Gasteiger partial charge in [-0.05, 0) is 19.1 Å². The Morgan fingerprint density at radius 3 is 2.55 bits per heavy atom. The Labute approximate surface area is 126 Å². The number of nitrogens with zero attached hydrogens (tertiary/aromatic N) is 2. The van der Waals surface area contributed by atoms with Gasteiger partial charge in [-0.2, -0.15) is 0 Å². The van der Waals surface area contributed by atoms with Gasteiger partial charge < -0.3 is 9.47 Å². The number of hydrogen-bond donors (Lipinski definition) is 0. The number of esters is 1. The van der Waals surface area contributed by atoms with E-state index in [1.54, 1.807) is 13.0 Å². The second-order valence-electron chi connectivity index (χ2n) is 4.50. The summed E-state index contributed by atoms with van der Waals surface area (Å²) in [6.45, 7) is 1.76. The van der Waals surface area contributed by atoms with Crippen LogP contribution in [0, 0.1) is 17.0 Å². The Balaban J connectivity index is 2.74. The van der Waals surface area contributed by atoms with Crippen LogP contribution in [0.2, 0.25) is 0 Å². The number of aryl methyl sites for hydroxylation is 1. The molecule has 114 valence electrons. The van der Waals surface area contributed by atoms with Gasteiger partial charge in [0, 0.05) is 35.2 Å². The molecule has 0 unspecified atom stereocenters. The minimum Gasteiger partial charge on any atom is -0.496 e. The fourth-order valence-electron chi connectivity index (χ4n) is 2.08. The van der Waals surface area contributed by atoms with E-state index in [1.165, 1.54) is 38.6 Å². The van der Waals surface area contributed by atoms with Gasteiger partial charge in [-0.25, -0.2) is 4.79 Å². The van der Waals surface area contributed by atoms with Gasteiger partial charge in [-0.3, -0.25) is 15.1 Å². The van der Waals surface area contributed by atoms with Crippen molar-refractivity contribution in [3.63, 3.8) is 0 Å². The van der Waals surface area contributed by atoms with Crippen molar-refractivity contribution in [2.45, 2.75) is 6.92 Å². The predicted molar refractivity (Wildman–Crippen MR) is 79.0 cm³/mol. The molecule has 2 rings (SSSR count). The predicted octanol–water partition coefficient (Wildman–Crippen LogP) is 2.76. The van der Waals surface area contributed by atoms with Gasteiger partial charge in [0.15, 0.2) is 0 Å². The van der Waals surface area contributed by atoms with Crippen molar-refractivity contribution in [1.29, 1.82) is 0 Å². The van der Waals surface area contributed by atoms with Gasteiger partial charge in [0.1, 0.15) is 5.75 Å². The van der Waals surface area contributed by atoms with Crippen LogP contribution in [-0.2, 0) is 4.74 Å². The molecule has 0 fully saturated rings. The molecule has 0 bridgehead atoms. The normalized spacial score (nSPS) is 10.1. The molecule has 0 atom stereocenters. The minimum absolute atomic E-state index is 0.0962. The highest BCUT2D eigenvalue weighted by molar-refractivity contribution is 5.98. The van der Waals surface area contributed by atoms with E-state index in [1.807, 2.05) is 0 Å². The van der Waals surface area contributed by atoms with E-state index in [4.69, 9.17) is 9.47 Å². The Kier molecular flexibility index (Phi) is 4.36. The Morgan fingerprint density at radius 2 is 1.95 bits per heavy atom. The maximum absolute atomic E-state index is 11.9. The van der Waals surface area contributed by atoms with Crippen LogP contribution in [0.1, 0.15) is 16.1 Å². The zero-order valence-electron chi connectivity index (χ0n) is 12.3. The summed E-state index contributed by atoms with van der Waals surface area (Å²) >= 11 is 0. The van der Waals surface area contributed by atoms with Gasteiger partial charge in [0.05, 0.1) is 24.7 Å². The smallest absolute Gasteiger partial charge is 0.340 e. The zero-order valence-corrected chi connectivity index (χ0v) is 12.3. The fourth-order valence-corrected chi connectivity index (χ4v) is 2.08. The lowest BCUT2D eigenvalue weighted by atomic mass is 9.99. The standard InChI is InChI=1S/C15H14N2O5/c1-9-6-11(13(8-16-9)15(18)22-3)12-7-10(17(19)20)4-5-14(12)21-2/h4-8H,1-3H3. The fraction of sp³-hybridized carbons (Fsp3) is 0.200. The molecule has 7 nitrogen and oxygen atoms in total. The summed E-state index contributed by atoms with van der Waals surface area (Å²) in [5.74, 6) is -0.155. The molecule has 22 heavy (non-hydrogen) atoms. The van der Waals surface area contributed by atoms with Crippen molar-refractivity contribution in [3.8, 4) is 16.9 Å². The summed E-state index contributed by atoms with van der Waals surface area (Å²) in [5, 5.41) is 11.0. The summed E-state index contributed by atoms with van der Waals surface area (Å²) in [7, 11) is 2.72. The SMILES string of the molecule is COC(=O)c1cnc(C)cc1-c1cc([N+](=O)[O-])ccc1OC. The number of hydrogen-bond acceptors (Lipinski definition) is 6. The summed E-state index contributed by atoms with van der Waals surface area (Å²) in [5.41, 5.74) is 1.69. The molecule has 1 aromatic heterocycles. The number of carbonyl (C=O) groups is 1. The summed E-state index contributed by atoms with van der Waals surface area (Å²) in [6.07, 6.45) is 1.38. The Morgan fingerprint density at radius 1 is 1.23 bits per heavy atom. The monoisotopic (exact) mass is 302 g/mol. The number of nitro benzene ring substituents is 1. The molecule has 0 aliphatic heterocycles. The van der Waals surface area contributed by atoms with Crippen LogP contribution in [0.15, 0.2) is 30.5 Å². The maximum Gasteiger partial charge on any atom is 0.340 e. The Bertz CT molecular complexity index is 743. The topological polar surface area (TPSA) is 91.6 Å². The molecule has 2 aromatic rings. The van der Waals surface area contributed by atoms with E-state index in [-0.39, 0.29) is 11.3 Å². The number of rotatable bonds is 4. The maximum atomic E-state index is 11.9. The highest BCUT2D eigenvalue weighted by atomic mass is 16.6. The molecular formula is C15H14N2O5. The molecule has 0 saturated heterocycles. The van der Waals surface area contributed by atoms with Crippen LogP contribution in [0.5, 0.6) is 5.75 Å². The molecule has 1 heterocycles. The van der Waals surface area contributed by atoms with Crippen LogP contribution >= 0.6 is 0 Å². The third-order valence-corrected chi connectivity index (χ3v) is 3.13. The average molecular weight is 302 g/mol. The van der Waals surface area contributed by atoms with Crippen LogP contribution in [0.4, 0.5) is 5.69 Å². The number of ether oxygens (including phenoxy) is 2. The van der Waals surface area contributed by atoms with Crippen LogP contribution in [0.3, 0.4) is 0 Å². The van der Waals surface area contributed by atoms with Crippen molar-refractivity contribution >= 4 is 11.7 Å². The Hall–Kier alpha value is -2.96. The van der Waals surface area contributed by atoms with Gasteiger partial charge in [-0.1, -0.05) is 0 Å². The van der Waals surface area contributed by atoms with Crippen molar-refractivity contribution in [3.05, 3.63) is 51.8 Å². The molecule has 0 saturated carbocycles. The van der Waals surface area contributed by atoms with Gasteiger partial charge in [0.2, 0.25) is 0 Å². The van der Waals surface area contributed by atoms with E-state index in [9.17, 15) is 14.9 Å². The number of aromatic nitrogens is 1. The van der Waals surface area contributed by atoms with Crippen molar-refractivity contribution in [2.75, 3.05) is 14.2 Å². The van der Waals surface area contributed by atoms with Crippen molar-refractivity contribution in [2.24, 2.45) is 0 Å². The van der Waals surface area contributed by atoms with E-state index in [0.717, 1.165) is 0 Å². The summed E-state index contributed by atoms with van der Waals surface area (Å²) in [4.78, 5) is 26.5. The minimum atomic E-state index is -0.573. The first-order valence-corrected chi connectivity index (χ1v) is 6.35. The van der Waals surface area contributed by atoms with Crippen LogP contribution in [-0.4, -0.2) is 30.1 Å². The van der Waals surface area contributed by atoms with E-state index < -0.39 is 10.9 Å². The van der Waals surface area contributed by atoms with Crippen molar-refractivity contribution < 1.29 is 19.2 Å². The van der Waals surface area contributed by atoms with E-state index in [0.29, 0.717) is 22.6 Å². The first-order chi connectivity index (χ1) is 10.5. The molecule has 0 amide bonds. The van der Waals surface area contributed by atoms with Gasteiger partial charge in [0.25, 0.3) is 5.69 Å². The number of methoxy groups -OCH3 is 2. The lowest BCUT2D eigenvalue weighted by Crippen LogP contribution is -2.06. The summed E-state index contributed by atoms with van der Waals surface area (Å²) in [6, 6.07) is 5.85. The lowest BCUT2D eigenvalue weighted by molar-refractivity contribution is -0.384. The van der Waals surface area contributed by atoms with Gasteiger partial charge >= 0.3 is 5.97 Å². The third kappa shape index (κ3) is 2.88. The summed E-state index contributed by atoms with van der Waals surface area (Å²) < 4.78 is 9.98. The highest BCUT2D eigenvalue weighted by Crippen LogP contribution is 2.35. The number of benzene rings is 1. The molecular weight excluding hydrogens is 288 g/mol. The van der Waals surface area contributed by atoms with E-state index >= 15 is 0 Å². The number of nitro groups is 1. The second kappa shape index (κ2) is 6.21. The quantitative estimate of drug-likeness (QED) is 0.490. The van der Waals surface area contributed by atoms with Crippen LogP contribution < -0.4 is 4.74 Å². The molecule has 0 N–H and O–H groups in total. The first-order valence-electron chi connectivity index (χ1n) is 6.35. The van der Waals surface area contributed by atoms with Gasteiger partial charge in [-0.15, -0.1) is 0 Å². The van der Waals surface area contributed by atoms with Crippen LogP contribution in [0.25, 0.3) is 11.1 Å². The number of non-ortho nitro benzene ring substituents is 1. The number of pyridine rings is 1. The third-order valence-electron chi connectivity index (χ3n) is 3.13. The molecule has 0 aliphatic carbocycles. The second-order valence-corrected chi connectivity index (χ2v) is 4.50. The lowest BCUT2D eigenvalue weighted by Gasteiger charge is -2.12. The first kappa shape index (κ1) is 15.4. The molecule has 0 radical (unpaired) electrons. The van der Waals surface area contributed by atoms with Crippen molar-refractivity contribution in [1.82, 2.24) is 4.98 Å². The largest absolute Gasteiger partial charge is 0.496 e. The molecule has 1 aromatic carbocycles. The molecule has 0 spiro atoms.